The minimum absolute atomic E-state index is 0.0836. The van der Waals surface area contributed by atoms with E-state index in [9.17, 15) is 43.5 Å². The zero-order valence-electron chi connectivity index (χ0n) is 62.1. The van der Waals surface area contributed by atoms with Crippen LogP contribution >= 0.6 is 15.6 Å². The summed E-state index contributed by atoms with van der Waals surface area (Å²) >= 11 is 0. The summed E-state index contributed by atoms with van der Waals surface area (Å²) in [6, 6.07) is 0. The molecule has 0 aromatic carbocycles. The van der Waals surface area contributed by atoms with Gasteiger partial charge in [0.05, 0.1) is 26.4 Å². The van der Waals surface area contributed by atoms with Gasteiger partial charge in [0.15, 0.2) is 6.10 Å². The maximum atomic E-state index is 12.9. The number of aliphatic hydroxyl groups excluding tert-OH is 2. The summed E-state index contributed by atoms with van der Waals surface area (Å²) in [4.78, 5) is 58.6. The molecule has 99 heavy (non-hydrogen) atoms. The Hall–Kier alpha value is -4.05. The Morgan fingerprint density at radius 2 is 0.525 bits per heavy atom. The molecule has 0 amide bonds. The second-order valence-corrected chi connectivity index (χ2v) is 28.7. The number of unbranched alkanes of at least 4 members (excludes halogenated alkanes) is 30. The predicted molar refractivity (Wildman–Crippen MR) is 408 cm³/mol. The Balaban J connectivity index is 4.54. The molecule has 0 aliphatic rings. The average molecular weight is 1430 g/mol. The SMILES string of the molecule is CCC/C=C\C/C=C\CCCCCCCC(=O)OC(COC(=O)CCCCCCCCC/C=C\C/C=C\C/C=C\C/C=C\CCCCC)COP(=O)(O)OCC(O)COP(=O)(O)OCC(O)COC(=O)CCCCCCCCCCCCC/C=C\C/C=C\C/C=C\C/C=C\CCCCC. The molecule has 0 saturated heterocycles. The molecule has 0 radical (unpaired) electrons. The summed E-state index contributed by atoms with van der Waals surface area (Å²) in [7, 11) is -9.79. The molecule has 5 unspecified atom stereocenters. The number of hydrogen-bond acceptors (Lipinski definition) is 14. The second-order valence-electron chi connectivity index (χ2n) is 25.8. The van der Waals surface area contributed by atoms with E-state index in [1.54, 1.807) is 0 Å². The average Bonchev–Trinajstić information content (AvgIpc) is 2.09. The number of aliphatic hydroxyl groups is 2. The number of hydrogen-bond donors (Lipinski definition) is 4. The minimum Gasteiger partial charge on any atom is -0.463 e. The maximum Gasteiger partial charge on any atom is 0.472 e. The molecule has 0 aromatic rings. The molecule has 0 aromatic heterocycles. The lowest BCUT2D eigenvalue weighted by Gasteiger charge is -2.21. The highest BCUT2D eigenvalue weighted by atomic mass is 31.2. The van der Waals surface area contributed by atoms with Crippen LogP contribution in [0.2, 0.25) is 0 Å². The van der Waals surface area contributed by atoms with Crippen LogP contribution in [0.3, 0.4) is 0 Å². The van der Waals surface area contributed by atoms with Gasteiger partial charge in [-0.15, -0.1) is 0 Å². The van der Waals surface area contributed by atoms with Crippen molar-refractivity contribution in [3.05, 3.63) is 122 Å². The maximum absolute atomic E-state index is 12.9. The zero-order chi connectivity index (χ0) is 72.3. The third kappa shape index (κ3) is 74.9. The standard InChI is InChI=1S/C81H140O16P2/c1-4-7-10-13-16-19-22-25-27-29-31-33-35-36-37-38-40-42-43-45-47-50-52-55-58-61-64-67-79(84)91-70-76(82)71-93-98(87,88)94-72-77(83)73-95-99(89,90)96-75-78(97-81(86)69-66-63-60-57-54-49-24-21-18-15-12-9-6-3)74-92-80(85)68-65-62-59-56-53-51-48-46-44-41-39-34-32-30-28-26-23-20-17-14-11-8-5-2/h12,15-17,19-21,24-28,31-34,36-37,41,44,76-78,82-83H,4-11,13-14,18,22-23,29-30,35,38-40,42-43,45-75H2,1-3H3,(H,87,88)(H,89,90)/b15-12-,19-16-,20-17-,24-21-,27-25-,28-26-,33-31-,34-32-,37-36-,44-41-. The van der Waals surface area contributed by atoms with Gasteiger partial charge in [-0.2, -0.15) is 0 Å². The number of phosphoric ester groups is 2. The first-order chi connectivity index (χ1) is 48.2. The summed E-state index contributed by atoms with van der Waals surface area (Å²) < 4.78 is 61.1. The molecule has 0 saturated carbocycles. The number of allylic oxidation sites excluding steroid dienone is 20. The predicted octanol–water partition coefficient (Wildman–Crippen LogP) is 22.5. The monoisotopic (exact) mass is 1430 g/mol. The fourth-order valence-electron chi connectivity index (χ4n) is 10.2. The molecule has 0 aliphatic carbocycles. The molecule has 4 N–H and O–H groups in total. The Morgan fingerprint density at radius 3 is 0.838 bits per heavy atom. The van der Waals surface area contributed by atoms with Gasteiger partial charge in [0.25, 0.3) is 0 Å². The smallest absolute Gasteiger partial charge is 0.463 e. The van der Waals surface area contributed by atoms with Crippen LogP contribution in [-0.4, -0.2) is 95.9 Å². The number of esters is 3. The van der Waals surface area contributed by atoms with E-state index in [0.29, 0.717) is 19.3 Å². The van der Waals surface area contributed by atoms with Crippen LogP contribution in [0.15, 0.2) is 122 Å². The highest BCUT2D eigenvalue weighted by molar-refractivity contribution is 7.47. The first kappa shape index (κ1) is 94.9. The summed E-state index contributed by atoms with van der Waals surface area (Å²) in [5, 5.41) is 20.6. The van der Waals surface area contributed by atoms with Gasteiger partial charge in [-0.1, -0.05) is 284 Å². The van der Waals surface area contributed by atoms with E-state index in [4.69, 9.17) is 32.3 Å². The fraction of sp³-hybridized carbons (Fsp3) is 0.716. The topological polar surface area (TPSA) is 231 Å². The molecular formula is C81H140O16P2. The van der Waals surface area contributed by atoms with Crippen LogP contribution in [0.5, 0.6) is 0 Å². The molecule has 0 fully saturated rings. The number of carbonyl (C=O) groups excluding carboxylic acids is 3. The Kier molecular flexibility index (Phi) is 70.7. The van der Waals surface area contributed by atoms with Crippen LogP contribution in [0.25, 0.3) is 0 Å². The van der Waals surface area contributed by atoms with Gasteiger partial charge >= 0.3 is 33.6 Å². The lowest BCUT2D eigenvalue weighted by molar-refractivity contribution is -0.161. The van der Waals surface area contributed by atoms with Gasteiger partial charge < -0.3 is 34.2 Å². The minimum atomic E-state index is -4.94. The van der Waals surface area contributed by atoms with Gasteiger partial charge in [-0.25, -0.2) is 9.13 Å². The highest BCUT2D eigenvalue weighted by Crippen LogP contribution is 2.45. The van der Waals surface area contributed by atoms with Crippen molar-refractivity contribution in [3.63, 3.8) is 0 Å². The number of phosphoric acid groups is 2. The number of ether oxygens (including phenoxy) is 3. The first-order valence-electron chi connectivity index (χ1n) is 38.8. The van der Waals surface area contributed by atoms with E-state index < -0.39 is 91.5 Å². The quantitative estimate of drug-likeness (QED) is 0.0146. The van der Waals surface area contributed by atoms with Crippen molar-refractivity contribution in [2.24, 2.45) is 0 Å². The third-order valence-electron chi connectivity index (χ3n) is 16.1. The third-order valence-corrected chi connectivity index (χ3v) is 18.0. The number of rotatable bonds is 73. The zero-order valence-corrected chi connectivity index (χ0v) is 63.9. The van der Waals surface area contributed by atoms with Gasteiger partial charge in [0, 0.05) is 19.3 Å². The molecule has 570 valence electrons. The van der Waals surface area contributed by atoms with Crippen LogP contribution in [-0.2, 0) is 55.8 Å². The Morgan fingerprint density at radius 1 is 0.283 bits per heavy atom. The molecule has 0 aliphatic heterocycles. The lowest BCUT2D eigenvalue weighted by atomic mass is 10.0. The van der Waals surface area contributed by atoms with E-state index in [-0.39, 0.29) is 19.3 Å². The first-order valence-corrected chi connectivity index (χ1v) is 41.8. The van der Waals surface area contributed by atoms with Crippen molar-refractivity contribution in [1.29, 1.82) is 0 Å². The van der Waals surface area contributed by atoms with E-state index in [1.807, 2.05) is 0 Å². The number of carbonyl (C=O) groups is 3. The molecule has 16 nitrogen and oxygen atoms in total. The van der Waals surface area contributed by atoms with Gasteiger partial charge in [-0.05, 0) is 135 Å². The lowest BCUT2D eigenvalue weighted by Crippen LogP contribution is -2.30. The van der Waals surface area contributed by atoms with Crippen molar-refractivity contribution in [3.8, 4) is 0 Å². The van der Waals surface area contributed by atoms with Crippen LogP contribution < -0.4 is 0 Å². The van der Waals surface area contributed by atoms with E-state index >= 15 is 0 Å². The molecule has 18 heteroatoms. The summed E-state index contributed by atoms with van der Waals surface area (Å²) in [6.45, 7) is 2.53. The summed E-state index contributed by atoms with van der Waals surface area (Å²) in [5.74, 6) is -1.60. The van der Waals surface area contributed by atoms with Crippen LogP contribution in [0.1, 0.15) is 316 Å². The van der Waals surface area contributed by atoms with Crippen LogP contribution in [0.4, 0.5) is 0 Å². The molecule has 0 rings (SSSR count). The molecular weight excluding hydrogens is 1290 g/mol. The van der Waals surface area contributed by atoms with E-state index in [1.165, 1.54) is 96.3 Å². The van der Waals surface area contributed by atoms with Crippen LogP contribution in [0, 0.1) is 0 Å². The molecule has 5 atom stereocenters. The largest absolute Gasteiger partial charge is 0.472 e. The Labute approximate surface area is 602 Å². The molecule has 0 bridgehead atoms. The van der Waals surface area contributed by atoms with Crippen molar-refractivity contribution in [2.45, 2.75) is 334 Å². The van der Waals surface area contributed by atoms with Gasteiger partial charge in [0.2, 0.25) is 0 Å². The molecule has 0 spiro atoms. The normalized spacial score (nSPS) is 14.7. The fourth-order valence-corrected chi connectivity index (χ4v) is 11.7. The van der Waals surface area contributed by atoms with E-state index in [2.05, 4.69) is 142 Å². The van der Waals surface area contributed by atoms with E-state index in [0.717, 1.165) is 161 Å². The Bertz CT molecular complexity index is 2290. The summed E-state index contributed by atoms with van der Waals surface area (Å²) in [5.41, 5.74) is 0. The highest BCUT2D eigenvalue weighted by Gasteiger charge is 2.29. The van der Waals surface area contributed by atoms with Crippen molar-refractivity contribution >= 4 is 33.6 Å². The second kappa shape index (κ2) is 73.7. The van der Waals surface area contributed by atoms with Gasteiger partial charge in [-0.3, -0.25) is 32.5 Å². The summed E-state index contributed by atoms with van der Waals surface area (Å²) in [6.07, 6.45) is 86.7. The van der Waals surface area contributed by atoms with Crippen molar-refractivity contribution in [1.82, 2.24) is 0 Å². The van der Waals surface area contributed by atoms with Crippen molar-refractivity contribution < 1.29 is 75.8 Å². The van der Waals surface area contributed by atoms with Crippen molar-refractivity contribution in [2.75, 3.05) is 39.6 Å². The molecule has 0 heterocycles. The van der Waals surface area contributed by atoms with Gasteiger partial charge in [0.1, 0.15) is 25.4 Å².